The average Bonchev–Trinajstić information content (AvgIpc) is 2.87. The lowest BCUT2D eigenvalue weighted by Gasteiger charge is -2.03. The number of rotatable bonds is 2. The Morgan fingerprint density at radius 3 is 2.93 bits per heavy atom. The van der Waals surface area contributed by atoms with Crippen LogP contribution < -0.4 is 0 Å². The van der Waals surface area contributed by atoms with Gasteiger partial charge in [0.15, 0.2) is 0 Å². The molecule has 14 heavy (non-hydrogen) atoms. The molecule has 0 N–H and O–H groups in total. The maximum absolute atomic E-state index is 11.3. The molecule has 0 bridgehead atoms. The number of methoxy groups -OCH3 is 1. The van der Waals surface area contributed by atoms with Gasteiger partial charge >= 0.3 is 5.97 Å². The summed E-state index contributed by atoms with van der Waals surface area (Å²) in [7, 11) is 1.31. The molecule has 0 unspecified atom stereocenters. The molecule has 4 nitrogen and oxygen atoms in total. The Morgan fingerprint density at radius 2 is 2.43 bits per heavy atom. The molecule has 1 fully saturated rings. The molecule has 1 aliphatic rings. The minimum absolute atomic E-state index is 0.367. The van der Waals surface area contributed by atoms with Gasteiger partial charge in [-0.3, -0.25) is 0 Å². The molecule has 1 aliphatic carbocycles. The van der Waals surface area contributed by atoms with Gasteiger partial charge in [0, 0.05) is 0 Å². The second-order valence-corrected chi connectivity index (χ2v) is 3.35. The number of furan rings is 1. The molecule has 72 valence electrons. The predicted octanol–water partition coefficient (Wildman–Crippen LogP) is 1.62. The van der Waals surface area contributed by atoms with Gasteiger partial charge in [-0.15, -0.1) is 0 Å². The van der Waals surface area contributed by atoms with Gasteiger partial charge in [0.05, 0.1) is 19.4 Å². The molecule has 0 aliphatic heterocycles. The molecular formula is C10H9NO3. The molecule has 0 spiro atoms. The van der Waals surface area contributed by atoms with Crippen LogP contribution in [0, 0.1) is 11.3 Å². The highest BCUT2D eigenvalue weighted by Gasteiger charge is 2.50. The standard InChI is InChI=1S/C10H9NO3/c1-13-9(12)7-2-5-14-8(7)10(6-11)3-4-10/h2,5H,3-4H2,1H3. The summed E-state index contributed by atoms with van der Waals surface area (Å²) < 4.78 is 9.78. The highest BCUT2D eigenvalue weighted by molar-refractivity contribution is 5.91. The molecule has 0 aromatic carbocycles. The fourth-order valence-corrected chi connectivity index (χ4v) is 1.47. The van der Waals surface area contributed by atoms with E-state index in [1.54, 1.807) is 6.07 Å². The van der Waals surface area contributed by atoms with Crippen molar-refractivity contribution in [1.29, 1.82) is 5.26 Å². The minimum atomic E-state index is -0.576. The smallest absolute Gasteiger partial charge is 0.341 e. The number of hydrogen-bond donors (Lipinski definition) is 0. The van der Waals surface area contributed by atoms with E-state index in [1.165, 1.54) is 13.4 Å². The molecule has 0 saturated heterocycles. The number of carbonyl (C=O) groups is 1. The van der Waals surface area contributed by atoms with Crippen molar-refractivity contribution in [3.8, 4) is 6.07 Å². The molecule has 2 rings (SSSR count). The Balaban J connectivity index is 2.41. The van der Waals surface area contributed by atoms with Crippen LogP contribution in [0.1, 0.15) is 29.0 Å². The summed E-state index contributed by atoms with van der Waals surface area (Å²) in [6, 6.07) is 3.71. The zero-order valence-corrected chi connectivity index (χ0v) is 7.74. The first-order valence-electron chi connectivity index (χ1n) is 4.31. The maximum atomic E-state index is 11.3. The van der Waals surface area contributed by atoms with Gasteiger partial charge in [0.25, 0.3) is 0 Å². The van der Waals surface area contributed by atoms with Crippen molar-refractivity contribution in [1.82, 2.24) is 0 Å². The maximum Gasteiger partial charge on any atom is 0.341 e. The van der Waals surface area contributed by atoms with E-state index in [2.05, 4.69) is 10.8 Å². The van der Waals surface area contributed by atoms with Crippen molar-refractivity contribution < 1.29 is 13.9 Å². The fourth-order valence-electron chi connectivity index (χ4n) is 1.47. The predicted molar refractivity (Wildman–Crippen MR) is 46.6 cm³/mol. The number of carbonyl (C=O) groups excluding carboxylic acids is 1. The quantitative estimate of drug-likeness (QED) is 0.666. The summed E-state index contributed by atoms with van der Waals surface area (Å²) in [4.78, 5) is 11.3. The number of hydrogen-bond acceptors (Lipinski definition) is 4. The van der Waals surface area contributed by atoms with E-state index < -0.39 is 11.4 Å². The van der Waals surface area contributed by atoms with Gasteiger partial charge in [-0.2, -0.15) is 5.26 Å². The number of ether oxygens (including phenoxy) is 1. The van der Waals surface area contributed by atoms with Crippen molar-refractivity contribution in [2.75, 3.05) is 7.11 Å². The highest BCUT2D eigenvalue weighted by Crippen LogP contribution is 2.49. The number of nitriles is 1. The van der Waals surface area contributed by atoms with Crippen LogP contribution in [-0.2, 0) is 10.2 Å². The topological polar surface area (TPSA) is 63.2 Å². The molecule has 1 aromatic rings. The van der Waals surface area contributed by atoms with Gasteiger partial charge < -0.3 is 9.15 Å². The lowest BCUT2D eigenvalue weighted by molar-refractivity contribution is 0.0597. The monoisotopic (exact) mass is 191 g/mol. The Hall–Kier alpha value is -1.76. The lowest BCUT2D eigenvalue weighted by Crippen LogP contribution is -2.09. The molecule has 0 atom stereocenters. The van der Waals surface area contributed by atoms with Gasteiger partial charge in [-0.05, 0) is 18.9 Å². The van der Waals surface area contributed by atoms with Crippen LogP contribution >= 0.6 is 0 Å². The first-order chi connectivity index (χ1) is 6.73. The summed E-state index contributed by atoms with van der Waals surface area (Å²) in [5, 5.41) is 8.95. The Bertz CT molecular complexity index is 409. The molecule has 1 aromatic heterocycles. The first-order valence-corrected chi connectivity index (χ1v) is 4.31. The second kappa shape index (κ2) is 2.88. The summed E-state index contributed by atoms with van der Waals surface area (Å²) in [5.41, 5.74) is -0.209. The average molecular weight is 191 g/mol. The minimum Gasteiger partial charge on any atom is -0.467 e. The molecule has 0 radical (unpaired) electrons. The summed E-state index contributed by atoms with van der Waals surface area (Å²) in [6.45, 7) is 0. The SMILES string of the molecule is COC(=O)c1ccoc1C1(C#N)CC1. The third-order valence-electron chi connectivity index (χ3n) is 2.47. The van der Waals surface area contributed by atoms with Crippen molar-refractivity contribution in [3.05, 3.63) is 23.7 Å². The van der Waals surface area contributed by atoms with Crippen molar-refractivity contribution in [2.45, 2.75) is 18.3 Å². The van der Waals surface area contributed by atoms with Gasteiger partial charge in [-0.25, -0.2) is 4.79 Å². The Labute approximate surface area is 81.1 Å². The van der Waals surface area contributed by atoms with Crippen LogP contribution in [0.4, 0.5) is 0 Å². The van der Waals surface area contributed by atoms with E-state index >= 15 is 0 Å². The molecule has 0 amide bonds. The van der Waals surface area contributed by atoms with E-state index in [-0.39, 0.29) is 0 Å². The van der Waals surface area contributed by atoms with Crippen LogP contribution in [0.25, 0.3) is 0 Å². The van der Waals surface area contributed by atoms with Crippen molar-refractivity contribution >= 4 is 5.97 Å². The second-order valence-electron chi connectivity index (χ2n) is 3.35. The Morgan fingerprint density at radius 1 is 1.71 bits per heavy atom. The summed E-state index contributed by atoms with van der Waals surface area (Å²) >= 11 is 0. The van der Waals surface area contributed by atoms with E-state index in [9.17, 15) is 4.79 Å². The van der Waals surface area contributed by atoms with Gasteiger partial charge in [0.1, 0.15) is 16.7 Å². The molecule has 4 heteroatoms. The van der Waals surface area contributed by atoms with Crippen LogP contribution in [0.15, 0.2) is 16.7 Å². The van der Waals surface area contributed by atoms with Crippen LogP contribution in [0.2, 0.25) is 0 Å². The van der Waals surface area contributed by atoms with Crippen LogP contribution in [-0.4, -0.2) is 13.1 Å². The summed E-state index contributed by atoms with van der Waals surface area (Å²) in [5.74, 6) is 0.00197. The zero-order valence-electron chi connectivity index (χ0n) is 7.74. The first kappa shape index (κ1) is 8.82. The molecule has 1 heterocycles. The highest BCUT2D eigenvalue weighted by atomic mass is 16.5. The number of esters is 1. The Kier molecular flexibility index (Phi) is 1.81. The molecule has 1 saturated carbocycles. The summed E-state index contributed by atoms with van der Waals surface area (Å²) in [6.07, 6.45) is 2.92. The van der Waals surface area contributed by atoms with Crippen LogP contribution in [0.5, 0.6) is 0 Å². The normalized spacial score (nSPS) is 17.1. The van der Waals surface area contributed by atoms with Crippen molar-refractivity contribution in [2.24, 2.45) is 0 Å². The van der Waals surface area contributed by atoms with Gasteiger partial charge in [-0.1, -0.05) is 0 Å². The largest absolute Gasteiger partial charge is 0.467 e. The lowest BCUT2D eigenvalue weighted by atomic mass is 10.0. The molecular weight excluding hydrogens is 182 g/mol. The zero-order chi connectivity index (χ0) is 10.2. The van der Waals surface area contributed by atoms with E-state index in [0.717, 1.165) is 12.8 Å². The van der Waals surface area contributed by atoms with Gasteiger partial charge in [0.2, 0.25) is 0 Å². The fraction of sp³-hybridized carbons (Fsp3) is 0.400. The van der Waals surface area contributed by atoms with E-state index in [4.69, 9.17) is 9.68 Å². The van der Waals surface area contributed by atoms with Crippen molar-refractivity contribution in [3.63, 3.8) is 0 Å². The third kappa shape index (κ3) is 1.10. The van der Waals surface area contributed by atoms with Crippen LogP contribution in [0.3, 0.4) is 0 Å². The van der Waals surface area contributed by atoms with E-state index in [0.29, 0.717) is 11.3 Å². The third-order valence-corrected chi connectivity index (χ3v) is 2.47. The van der Waals surface area contributed by atoms with E-state index in [1.807, 2.05) is 0 Å². The number of nitrogens with zero attached hydrogens (tertiary/aromatic N) is 1.